The second kappa shape index (κ2) is 6.58. The predicted octanol–water partition coefficient (Wildman–Crippen LogP) is 1.35. The Bertz CT molecular complexity index is 509. The van der Waals surface area contributed by atoms with E-state index in [2.05, 4.69) is 4.74 Å². The largest absolute Gasteiger partial charge is 0.469 e. The highest BCUT2D eigenvalue weighted by molar-refractivity contribution is 6.47. The van der Waals surface area contributed by atoms with Crippen LogP contribution in [0, 0.1) is 5.82 Å². The van der Waals surface area contributed by atoms with Crippen LogP contribution in [0.5, 0.6) is 0 Å². The van der Waals surface area contributed by atoms with Crippen molar-refractivity contribution in [2.24, 2.45) is 0 Å². The third-order valence-electron chi connectivity index (χ3n) is 3.60. The van der Waals surface area contributed by atoms with Crippen LogP contribution < -0.4 is 5.46 Å². The van der Waals surface area contributed by atoms with E-state index in [0.29, 0.717) is 5.46 Å². The van der Waals surface area contributed by atoms with Gasteiger partial charge in [-0.3, -0.25) is 4.79 Å². The van der Waals surface area contributed by atoms with Gasteiger partial charge in [0.2, 0.25) is 0 Å². The molecule has 0 saturated heterocycles. The molecule has 1 N–H and O–H groups in total. The number of methoxy groups -OCH3 is 1. The number of hydrogen-bond donors (Lipinski definition) is 1. The van der Waals surface area contributed by atoms with Gasteiger partial charge in [0.25, 0.3) is 0 Å². The molecule has 115 valence electrons. The molecule has 0 heterocycles. The van der Waals surface area contributed by atoms with Gasteiger partial charge in [0.05, 0.1) is 24.7 Å². The normalized spacial score (nSPS) is 12.1. The summed E-state index contributed by atoms with van der Waals surface area (Å²) < 4.78 is 23.9. The molecule has 0 amide bonds. The summed E-state index contributed by atoms with van der Waals surface area (Å²) in [5.74, 6) is -0.996. The first kappa shape index (κ1) is 17.7. The zero-order valence-electron chi connectivity index (χ0n) is 13.1. The third kappa shape index (κ3) is 4.83. The predicted molar refractivity (Wildman–Crippen MR) is 79.0 cm³/mol. The summed E-state index contributed by atoms with van der Waals surface area (Å²) in [5.41, 5.74) is -1.10. The number of aliphatic hydroxyl groups is 1. The van der Waals surface area contributed by atoms with Gasteiger partial charge in [-0.25, -0.2) is 4.39 Å². The molecule has 0 bridgehead atoms. The van der Waals surface area contributed by atoms with Gasteiger partial charge < -0.3 is 14.5 Å². The van der Waals surface area contributed by atoms with E-state index in [1.807, 2.05) is 0 Å². The highest BCUT2D eigenvalue weighted by Crippen LogP contribution is 2.24. The van der Waals surface area contributed by atoms with Gasteiger partial charge in [0.1, 0.15) is 5.82 Å². The minimum Gasteiger partial charge on any atom is -0.469 e. The lowest BCUT2D eigenvalue weighted by atomic mass is 9.82. The first-order valence-corrected chi connectivity index (χ1v) is 6.65. The molecular formula is C15H21BFO4. The van der Waals surface area contributed by atoms with E-state index in [4.69, 9.17) is 4.65 Å². The topological polar surface area (TPSA) is 55.8 Å². The van der Waals surface area contributed by atoms with Crippen molar-refractivity contribution in [3.8, 4) is 0 Å². The maximum Gasteiger partial charge on any atom is 0.331 e. The minimum absolute atomic E-state index is 0.112. The van der Waals surface area contributed by atoms with E-state index in [9.17, 15) is 14.3 Å². The lowest BCUT2D eigenvalue weighted by Crippen LogP contribution is -2.49. The second-order valence-corrected chi connectivity index (χ2v) is 5.91. The molecule has 0 spiro atoms. The Morgan fingerprint density at radius 3 is 2.43 bits per heavy atom. The number of esters is 1. The lowest BCUT2D eigenvalue weighted by molar-refractivity contribution is -0.139. The molecule has 1 aromatic carbocycles. The van der Waals surface area contributed by atoms with Gasteiger partial charge >= 0.3 is 13.5 Å². The number of carbonyl (C=O) groups excluding carboxylic acids is 1. The summed E-state index contributed by atoms with van der Waals surface area (Å²) in [6.45, 7) is 6.76. The highest BCUT2D eigenvalue weighted by atomic mass is 19.1. The van der Waals surface area contributed by atoms with E-state index in [-0.39, 0.29) is 12.0 Å². The molecule has 0 fully saturated rings. The monoisotopic (exact) mass is 295 g/mol. The number of ether oxygens (including phenoxy) is 1. The van der Waals surface area contributed by atoms with Gasteiger partial charge in [-0.2, -0.15) is 0 Å². The maximum atomic E-state index is 13.9. The Kier molecular flexibility index (Phi) is 5.53. The molecule has 0 aliphatic carbocycles. The van der Waals surface area contributed by atoms with Crippen molar-refractivity contribution < 1.29 is 23.7 Å². The first-order valence-electron chi connectivity index (χ1n) is 6.65. The first-order chi connectivity index (χ1) is 9.56. The number of halogens is 1. The van der Waals surface area contributed by atoms with E-state index < -0.39 is 23.0 Å². The molecule has 0 unspecified atom stereocenters. The Balaban J connectivity index is 2.75. The summed E-state index contributed by atoms with van der Waals surface area (Å²) in [4.78, 5) is 11.1. The van der Waals surface area contributed by atoms with Crippen LogP contribution in [0.1, 0.15) is 33.3 Å². The van der Waals surface area contributed by atoms with Crippen LogP contribution in [0.2, 0.25) is 0 Å². The van der Waals surface area contributed by atoms with Crippen LogP contribution in [0.15, 0.2) is 18.2 Å². The molecule has 0 aliphatic heterocycles. The van der Waals surface area contributed by atoms with Crippen molar-refractivity contribution >= 4 is 18.9 Å². The zero-order valence-corrected chi connectivity index (χ0v) is 13.1. The van der Waals surface area contributed by atoms with Gasteiger partial charge in [-0.05, 0) is 39.3 Å². The van der Waals surface area contributed by atoms with Crippen LogP contribution in [-0.2, 0) is 20.6 Å². The summed E-state index contributed by atoms with van der Waals surface area (Å²) in [5, 5.41) is 9.98. The maximum absolute atomic E-state index is 13.9. The smallest absolute Gasteiger partial charge is 0.331 e. The van der Waals surface area contributed by atoms with Crippen LogP contribution in [0.4, 0.5) is 4.39 Å². The Morgan fingerprint density at radius 2 is 1.95 bits per heavy atom. The quantitative estimate of drug-likeness (QED) is 0.636. The van der Waals surface area contributed by atoms with Gasteiger partial charge in [-0.1, -0.05) is 17.6 Å². The third-order valence-corrected chi connectivity index (χ3v) is 3.60. The van der Waals surface area contributed by atoms with Crippen molar-refractivity contribution in [1.29, 1.82) is 0 Å². The summed E-state index contributed by atoms with van der Waals surface area (Å²) in [6.07, 6.45) is -0.112. The van der Waals surface area contributed by atoms with Crippen LogP contribution >= 0.6 is 0 Å². The van der Waals surface area contributed by atoms with Crippen LogP contribution in [0.3, 0.4) is 0 Å². The average molecular weight is 295 g/mol. The molecule has 6 heteroatoms. The minimum atomic E-state index is -1.05. The second-order valence-electron chi connectivity index (χ2n) is 5.91. The number of benzene rings is 1. The van der Waals surface area contributed by atoms with E-state index >= 15 is 0 Å². The molecule has 4 nitrogen and oxygen atoms in total. The van der Waals surface area contributed by atoms with Crippen molar-refractivity contribution in [3.63, 3.8) is 0 Å². The fraction of sp³-hybridized carbons (Fsp3) is 0.533. The molecule has 1 rings (SSSR count). The van der Waals surface area contributed by atoms with E-state index in [1.54, 1.807) is 33.8 Å². The van der Waals surface area contributed by atoms with Gasteiger partial charge in [0.15, 0.2) is 0 Å². The highest BCUT2D eigenvalue weighted by Gasteiger charge is 2.35. The molecule has 1 radical (unpaired) electrons. The molecule has 0 aromatic heterocycles. The number of rotatable bonds is 6. The van der Waals surface area contributed by atoms with Gasteiger partial charge in [-0.15, -0.1) is 0 Å². The van der Waals surface area contributed by atoms with E-state index in [1.165, 1.54) is 26.7 Å². The molecule has 0 saturated carbocycles. The molecule has 1 aromatic rings. The number of hydrogen-bond acceptors (Lipinski definition) is 4. The van der Waals surface area contributed by atoms with Crippen LogP contribution in [-0.4, -0.2) is 36.9 Å². The molecule has 21 heavy (non-hydrogen) atoms. The van der Waals surface area contributed by atoms with Crippen molar-refractivity contribution in [2.45, 2.75) is 45.3 Å². The average Bonchev–Trinajstić information content (AvgIpc) is 2.37. The molecule has 0 aliphatic rings. The Labute approximate surface area is 125 Å². The SMILES string of the molecule is COC(=O)Cc1ccc([B]OC(C)(C)C(C)(C)O)cc1F. The summed E-state index contributed by atoms with van der Waals surface area (Å²) in [6, 6.07) is 4.43. The van der Waals surface area contributed by atoms with Crippen LogP contribution in [0.25, 0.3) is 0 Å². The summed E-state index contributed by atoms with van der Waals surface area (Å²) >= 11 is 0. The Hall–Kier alpha value is -1.40. The van der Waals surface area contributed by atoms with Crippen molar-refractivity contribution in [1.82, 2.24) is 0 Å². The standard InChI is InChI=1S/C15H21BFO4/c1-14(2,19)15(3,4)21-16-11-7-6-10(12(17)9-11)8-13(18)20-5/h6-7,9,19H,8H2,1-5H3. The molecular weight excluding hydrogens is 274 g/mol. The molecule has 0 atom stereocenters. The number of carbonyl (C=O) groups is 1. The van der Waals surface area contributed by atoms with Gasteiger partial charge in [0, 0.05) is 0 Å². The zero-order chi connectivity index (χ0) is 16.3. The fourth-order valence-electron chi connectivity index (χ4n) is 1.37. The fourth-order valence-corrected chi connectivity index (χ4v) is 1.37. The van der Waals surface area contributed by atoms with Crippen molar-refractivity contribution in [2.75, 3.05) is 7.11 Å². The summed E-state index contributed by atoms with van der Waals surface area (Å²) in [7, 11) is 2.65. The van der Waals surface area contributed by atoms with Crippen molar-refractivity contribution in [3.05, 3.63) is 29.6 Å². The lowest BCUT2D eigenvalue weighted by Gasteiger charge is -2.37. The Morgan fingerprint density at radius 1 is 1.33 bits per heavy atom. The van der Waals surface area contributed by atoms with E-state index in [0.717, 1.165) is 0 Å².